The molecule has 0 atom stereocenters. The van der Waals surface area contributed by atoms with Gasteiger partial charge in [0.2, 0.25) is 0 Å². The average molecular weight is 250 g/mol. The van der Waals surface area contributed by atoms with Gasteiger partial charge in [-0.2, -0.15) is 5.10 Å². The topological polar surface area (TPSA) is 29.9 Å². The van der Waals surface area contributed by atoms with Crippen LogP contribution in [0.1, 0.15) is 11.3 Å². The highest BCUT2D eigenvalue weighted by Crippen LogP contribution is 2.19. The molecule has 0 aliphatic carbocycles. The Labute approximate surface area is 106 Å². The zero-order chi connectivity index (χ0) is 12.3. The van der Waals surface area contributed by atoms with Crippen molar-refractivity contribution in [2.24, 2.45) is 7.05 Å². The first kappa shape index (κ1) is 12.0. The number of nitrogens with one attached hydrogen (secondary N) is 1. The van der Waals surface area contributed by atoms with Gasteiger partial charge in [-0.25, -0.2) is 0 Å². The molecule has 3 nitrogen and oxygen atoms in total. The molecule has 0 radical (unpaired) electrons. The third kappa shape index (κ3) is 3.01. The highest BCUT2D eigenvalue weighted by molar-refractivity contribution is 6.31. The quantitative estimate of drug-likeness (QED) is 0.903. The van der Waals surface area contributed by atoms with Crippen LogP contribution in [0.15, 0.2) is 30.5 Å². The van der Waals surface area contributed by atoms with Gasteiger partial charge in [0.1, 0.15) is 0 Å². The second-order valence-corrected chi connectivity index (χ2v) is 4.49. The van der Waals surface area contributed by atoms with Crippen molar-refractivity contribution in [1.29, 1.82) is 0 Å². The molecule has 1 heterocycles. The number of hydrogen-bond acceptors (Lipinski definition) is 2. The van der Waals surface area contributed by atoms with Gasteiger partial charge >= 0.3 is 0 Å². The molecule has 0 aliphatic heterocycles. The van der Waals surface area contributed by atoms with Gasteiger partial charge in [0, 0.05) is 42.6 Å². The van der Waals surface area contributed by atoms with Crippen LogP contribution in [0.2, 0.25) is 5.02 Å². The van der Waals surface area contributed by atoms with E-state index in [0.717, 1.165) is 29.2 Å². The Hall–Kier alpha value is -1.48. The second kappa shape index (κ2) is 5.23. The maximum Gasteiger partial charge on any atom is 0.0492 e. The van der Waals surface area contributed by atoms with Crippen LogP contribution in [0.5, 0.6) is 0 Å². The van der Waals surface area contributed by atoms with Gasteiger partial charge in [-0.1, -0.05) is 17.7 Å². The summed E-state index contributed by atoms with van der Waals surface area (Å²) in [6.07, 6.45) is 2.76. The molecular weight excluding hydrogens is 234 g/mol. The number of aromatic nitrogens is 2. The Morgan fingerprint density at radius 3 is 2.82 bits per heavy atom. The van der Waals surface area contributed by atoms with E-state index in [-0.39, 0.29) is 0 Å². The standard InChI is InChI=1S/C13H16ClN3/c1-10-3-4-11(9-13(10)14)15-7-5-12-6-8-16-17(12)2/h3-4,6,8-9,15H,5,7H2,1-2H3. The number of aryl methyl sites for hydroxylation is 2. The van der Waals surface area contributed by atoms with Crippen molar-refractivity contribution < 1.29 is 0 Å². The molecule has 0 saturated heterocycles. The zero-order valence-corrected chi connectivity index (χ0v) is 10.8. The van der Waals surface area contributed by atoms with Crippen molar-refractivity contribution in [3.05, 3.63) is 46.7 Å². The summed E-state index contributed by atoms with van der Waals surface area (Å²) in [6, 6.07) is 8.06. The third-order valence-corrected chi connectivity index (χ3v) is 3.21. The molecule has 17 heavy (non-hydrogen) atoms. The van der Waals surface area contributed by atoms with E-state index in [4.69, 9.17) is 11.6 Å². The lowest BCUT2D eigenvalue weighted by atomic mass is 10.2. The normalized spacial score (nSPS) is 10.5. The maximum atomic E-state index is 6.06. The number of nitrogens with zero attached hydrogens (tertiary/aromatic N) is 2. The summed E-state index contributed by atoms with van der Waals surface area (Å²) in [7, 11) is 1.96. The first-order chi connectivity index (χ1) is 8.16. The number of hydrogen-bond donors (Lipinski definition) is 1. The lowest BCUT2D eigenvalue weighted by molar-refractivity contribution is 0.711. The van der Waals surface area contributed by atoms with Gasteiger partial charge in [-0.05, 0) is 30.7 Å². The molecule has 0 unspecified atom stereocenters. The minimum absolute atomic E-state index is 0.801. The fourth-order valence-electron chi connectivity index (χ4n) is 1.68. The number of rotatable bonds is 4. The summed E-state index contributed by atoms with van der Waals surface area (Å²) in [6.45, 7) is 2.88. The van der Waals surface area contributed by atoms with E-state index >= 15 is 0 Å². The molecule has 90 valence electrons. The van der Waals surface area contributed by atoms with E-state index in [1.807, 2.05) is 49.1 Å². The van der Waals surface area contributed by atoms with Crippen LogP contribution < -0.4 is 5.32 Å². The number of benzene rings is 1. The van der Waals surface area contributed by atoms with Crippen molar-refractivity contribution >= 4 is 17.3 Å². The van der Waals surface area contributed by atoms with E-state index < -0.39 is 0 Å². The molecular formula is C13H16ClN3. The molecule has 2 aromatic rings. The summed E-state index contributed by atoms with van der Waals surface area (Å²) >= 11 is 6.06. The molecule has 0 spiro atoms. The smallest absolute Gasteiger partial charge is 0.0492 e. The lowest BCUT2D eigenvalue weighted by Crippen LogP contribution is -2.08. The molecule has 4 heteroatoms. The molecule has 2 rings (SSSR count). The number of anilines is 1. The van der Waals surface area contributed by atoms with Gasteiger partial charge < -0.3 is 5.32 Å². The Kier molecular flexibility index (Phi) is 3.69. The summed E-state index contributed by atoms with van der Waals surface area (Å²) in [5.41, 5.74) is 3.38. The van der Waals surface area contributed by atoms with Crippen LogP contribution in [0, 0.1) is 6.92 Å². The van der Waals surface area contributed by atoms with Crippen molar-refractivity contribution in [2.75, 3.05) is 11.9 Å². The first-order valence-electron chi connectivity index (χ1n) is 5.64. The van der Waals surface area contributed by atoms with Crippen molar-refractivity contribution in [1.82, 2.24) is 9.78 Å². The van der Waals surface area contributed by atoms with Gasteiger partial charge in [0.05, 0.1) is 0 Å². The van der Waals surface area contributed by atoms with E-state index in [1.54, 1.807) is 0 Å². The summed E-state index contributed by atoms with van der Waals surface area (Å²) < 4.78 is 1.89. The van der Waals surface area contributed by atoms with E-state index in [1.165, 1.54) is 5.69 Å². The van der Waals surface area contributed by atoms with Crippen molar-refractivity contribution in [3.8, 4) is 0 Å². The fourth-order valence-corrected chi connectivity index (χ4v) is 1.86. The molecule has 1 N–H and O–H groups in total. The summed E-state index contributed by atoms with van der Waals surface area (Å²) in [5, 5.41) is 8.29. The summed E-state index contributed by atoms with van der Waals surface area (Å²) in [5.74, 6) is 0. The Morgan fingerprint density at radius 1 is 1.35 bits per heavy atom. The molecule has 0 amide bonds. The van der Waals surface area contributed by atoms with E-state index in [9.17, 15) is 0 Å². The highest BCUT2D eigenvalue weighted by atomic mass is 35.5. The van der Waals surface area contributed by atoms with E-state index in [0.29, 0.717) is 0 Å². The molecule has 0 bridgehead atoms. The second-order valence-electron chi connectivity index (χ2n) is 4.09. The predicted molar refractivity (Wildman–Crippen MR) is 71.6 cm³/mol. The molecule has 1 aromatic carbocycles. The first-order valence-corrected chi connectivity index (χ1v) is 6.01. The van der Waals surface area contributed by atoms with Crippen LogP contribution in [-0.4, -0.2) is 16.3 Å². The van der Waals surface area contributed by atoms with Crippen LogP contribution in [-0.2, 0) is 13.5 Å². The Bertz CT molecular complexity index is 505. The van der Waals surface area contributed by atoms with Crippen LogP contribution in [0.25, 0.3) is 0 Å². The van der Waals surface area contributed by atoms with Gasteiger partial charge in [0.25, 0.3) is 0 Å². The SMILES string of the molecule is Cc1ccc(NCCc2ccnn2C)cc1Cl. The fraction of sp³-hybridized carbons (Fsp3) is 0.308. The Balaban J connectivity index is 1.90. The Morgan fingerprint density at radius 2 is 2.18 bits per heavy atom. The predicted octanol–water partition coefficient (Wildman–Crippen LogP) is 3.04. The zero-order valence-electron chi connectivity index (χ0n) is 10.1. The van der Waals surface area contributed by atoms with Gasteiger partial charge in [-0.3, -0.25) is 4.68 Å². The largest absolute Gasteiger partial charge is 0.385 e. The monoisotopic (exact) mass is 249 g/mol. The van der Waals surface area contributed by atoms with Crippen molar-refractivity contribution in [3.63, 3.8) is 0 Å². The minimum Gasteiger partial charge on any atom is -0.385 e. The highest BCUT2D eigenvalue weighted by Gasteiger charge is 2.00. The maximum absolute atomic E-state index is 6.06. The van der Waals surface area contributed by atoms with Crippen LogP contribution >= 0.6 is 11.6 Å². The van der Waals surface area contributed by atoms with Crippen LogP contribution in [0.3, 0.4) is 0 Å². The van der Waals surface area contributed by atoms with Gasteiger partial charge in [-0.15, -0.1) is 0 Å². The molecule has 0 fully saturated rings. The van der Waals surface area contributed by atoms with Gasteiger partial charge in [0.15, 0.2) is 0 Å². The van der Waals surface area contributed by atoms with Crippen LogP contribution in [0.4, 0.5) is 5.69 Å². The molecule has 0 aliphatic rings. The third-order valence-electron chi connectivity index (χ3n) is 2.80. The van der Waals surface area contributed by atoms with Crippen molar-refractivity contribution in [2.45, 2.75) is 13.3 Å². The lowest BCUT2D eigenvalue weighted by Gasteiger charge is -2.08. The van der Waals surface area contributed by atoms with E-state index in [2.05, 4.69) is 10.4 Å². The average Bonchev–Trinajstić information content (AvgIpc) is 2.70. The number of halogens is 1. The molecule has 1 aromatic heterocycles. The minimum atomic E-state index is 0.801. The summed E-state index contributed by atoms with van der Waals surface area (Å²) in [4.78, 5) is 0. The molecule has 0 saturated carbocycles.